The third-order valence-corrected chi connectivity index (χ3v) is 4.02. The van der Waals surface area contributed by atoms with Gasteiger partial charge >= 0.3 is 0 Å². The summed E-state index contributed by atoms with van der Waals surface area (Å²) in [5.74, 6) is 0.130. The number of carbonyl (C=O) groups is 1. The van der Waals surface area contributed by atoms with E-state index in [1.165, 1.54) is 0 Å². The van der Waals surface area contributed by atoms with Gasteiger partial charge in [0.25, 0.3) is 0 Å². The van der Waals surface area contributed by atoms with Gasteiger partial charge in [-0.15, -0.1) is 0 Å². The number of nitrogens with zero attached hydrogens (tertiary/aromatic N) is 2. The molecule has 0 unspecified atom stereocenters. The van der Waals surface area contributed by atoms with Gasteiger partial charge in [0.2, 0.25) is 5.91 Å². The Bertz CT molecular complexity index is 253. The van der Waals surface area contributed by atoms with Crippen molar-refractivity contribution in [2.45, 2.75) is 52.1 Å². The van der Waals surface area contributed by atoms with Gasteiger partial charge < -0.3 is 10.6 Å². The summed E-state index contributed by atoms with van der Waals surface area (Å²) in [4.78, 5) is 16.7. The molecule has 0 spiro atoms. The quantitative estimate of drug-likeness (QED) is 0.800. The highest BCUT2D eigenvalue weighted by atomic mass is 16.2. The smallest absolute Gasteiger partial charge is 0.242 e. The standard InChI is InChI=1S/C13H27N3O/c1-5-13(14,6-2)12(17)16-9-7-15(8-10-16)11(3)4/h11H,5-10,14H2,1-4H3. The minimum atomic E-state index is -0.653. The molecular formula is C13H27N3O. The van der Waals surface area contributed by atoms with Crippen molar-refractivity contribution >= 4 is 5.91 Å². The van der Waals surface area contributed by atoms with E-state index in [1.807, 2.05) is 18.7 Å². The Labute approximate surface area is 105 Å². The maximum Gasteiger partial charge on any atom is 0.242 e. The van der Waals surface area contributed by atoms with Crippen molar-refractivity contribution in [2.24, 2.45) is 5.73 Å². The summed E-state index contributed by atoms with van der Waals surface area (Å²) in [6.07, 6.45) is 1.43. The largest absolute Gasteiger partial charge is 0.339 e. The molecule has 0 aromatic rings. The average Bonchev–Trinajstić information content (AvgIpc) is 2.37. The number of hydrogen-bond acceptors (Lipinski definition) is 3. The summed E-state index contributed by atoms with van der Waals surface area (Å²) >= 11 is 0. The summed E-state index contributed by atoms with van der Waals surface area (Å²) in [6.45, 7) is 11.9. The van der Waals surface area contributed by atoms with E-state index in [0.717, 1.165) is 26.2 Å². The van der Waals surface area contributed by atoms with Crippen molar-refractivity contribution in [1.29, 1.82) is 0 Å². The second-order valence-corrected chi connectivity index (χ2v) is 5.29. The molecule has 2 N–H and O–H groups in total. The van der Waals surface area contributed by atoms with Crippen molar-refractivity contribution in [3.63, 3.8) is 0 Å². The van der Waals surface area contributed by atoms with Crippen LogP contribution in [0.2, 0.25) is 0 Å². The van der Waals surface area contributed by atoms with E-state index in [4.69, 9.17) is 5.73 Å². The minimum Gasteiger partial charge on any atom is -0.339 e. The second-order valence-electron chi connectivity index (χ2n) is 5.29. The topological polar surface area (TPSA) is 49.6 Å². The van der Waals surface area contributed by atoms with Crippen molar-refractivity contribution in [3.05, 3.63) is 0 Å². The molecule has 1 heterocycles. The van der Waals surface area contributed by atoms with Crippen LogP contribution in [0.4, 0.5) is 0 Å². The molecule has 0 saturated carbocycles. The van der Waals surface area contributed by atoms with Crippen LogP contribution in [0.25, 0.3) is 0 Å². The van der Waals surface area contributed by atoms with Gasteiger partial charge in [0, 0.05) is 32.2 Å². The predicted octanol–water partition coefficient (Wildman–Crippen LogP) is 1.06. The monoisotopic (exact) mass is 241 g/mol. The van der Waals surface area contributed by atoms with Gasteiger partial charge in [0.15, 0.2) is 0 Å². The van der Waals surface area contributed by atoms with E-state index in [0.29, 0.717) is 18.9 Å². The van der Waals surface area contributed by atoms with Crippen LogP contribution in [-0.2, 0) is 4.79 Å². The summed E-state index contributed by atoms with van der Waals surface area (Å²) in [7, 11) is 0. The van der Waals surface area contributed by atoms with Crippen LogP contribution in [0.1, 0.15) is 40.5 Å². The highest BCUT2D eigenvalue weighted by Crippen LogP contribution is 2.17. The van der Waals surface area contributed by atoms with Gasteiger partial charge in [-0.2, -0.15) is 0 Å². The van der Waals surface area contributed by atoms with E-state index >= 15 is 0 Å². The number of piperazine rings is 1. The number of hydrogen-bond donors (Lipinski definition) is 1. The lowest BCUT2D eigenvalue weighted by Gasteiger charge is -2.40. The molecule has 1 rings (SSSR count). The summed E-state index contributed by atoms with van der Waals surface area (Å²) < 4.78 is 0. The molecule has 100 valence electrons. The molecular weight excluding hydrogens is 214 g/mol. The molecule has 0 atom stereocenters. The molecule has 1 aliphatic rings. The fourth-order valence-electron chi connectivity index (χ4n) is 2.31. The van der Waals surface area contributed by atoms with Crippen molar-refractivity contribution in [2.75, 3.05) is 26.2 Å². The van der Waals surface area contributed by atoms with Crippen LogP contribution in [0.3, 0.4) is 0 Å². The van der Waals surface area contributed by atoms with Gasteiger partial charge in [-0.3, -0.25) is 9.69 Å². The molecule has 4 nitrogen and oxygen atoms in total. The number of nitrogens with two attached hydrogens (primary N) is 1. The first-order valence-corrected chi connectivity index (χ1v) is 6.77. The van der Waals surface area contributed by atoms with Gasteiger partial charge in [-0.25, -0.2) is 0 Å². The Morgan fingerprint density at radius 1 is 1.18 bits per heavy atom. The Morgan fingerprint density at radius 3 is 2.00 bits per heavy atom. The van der Waals surface area contributed by atoms with Gasteiger partial charge in [-0.1, -0.05) is 13.8 Å². The molecule has 0 radical (unpaired) electrons. The van der Waals surface area contributed by atoms with Gasteiger partial charge in [-0.05, 0) is 26.7 Å². The summed E-state index contributed by atoms with van der Waals surface area (Å²) in [5, 5.41) is 0. The van der Waals surface area contributed by atoms with Crippen molar-refractivity contribution in [3.8, 4) is 0 Å². The Balaban J connectivity index is 2.57. The highest BCUT2D eigenvalue weighted by molar-refractivity contribution is 5.86. The maximum absolute atomic E-state index is 12.3. The Morgan fingerprint density at radius 2 is 1.65 bits per heavy atom. The predicted molar refractivity (Wildman–Crippen MR) is 70.8 cm³/mol. The molecule has 0 bridgehead atoms. The van der Waals surface area contributed by atoms with Crippen molar-refractivity contribution in [1.82, 2.24) is 9.80 Å². The average molecular weight is 241 g/mol. The number of amides is 1. The highest BCUT2D eigenvalue weighted by Gasteiger charge is 2.35. The first-order valence-electron chi connectivity index (χ1n) is 6.77. The van der Waals surface area contributed by atoms with Crippen LogP contribution in [0, 0.1) is 0 Å². The second kappa shape index (κ2) is 5.83. The lowest BCUT2D eigenvalue weighted by Crippen LogP contribution is -2.59. The fraction of sp³-hybridized carbons (Fsp3) is 0.923. The Kier molecular flexibility index (Phi) is 4.95. The summed E-state index contributed by atoms with van der Waals surface area (Å²) in [6, 6.07) is 0.562. The first kappa shape index (κ1) is 14.5. The zero-order valence-corrected chi connectivity index (χ0v) is 11.7. The zero-order valence-electron chi connectivity index (χ0n) is 11.7. The number of carbonyl (C=O) groups excluding carboxylic acids is 1. The molecule has 0 aliphatic carbocycles. The molecule has 1 amide bonds. The molecule has 0 aromatic heterocycles. The molecule has 0 aromatic carbocycles. The third kappa shape index (κ3) is 3.19. The SMILES string of the molecule is CCC(N)(CC)C(=O)N1CCN(C(C)C)CC1. The van der Waals surface area contributed by atoms with Crippen molar-refractivity contribution < 1.29 is 4.79 Å². The van der Waals surface area contributed by atoms with E-state index in [1.54, 1.807) is 0 Å². The lowest BCUT2D eigenvalue weighted by molar-refractivity contribution is -0.139. The van der Waals surface area contributed by atoms with Crippen LogP contribution in [0.5, 0.6) is 0 Å². The lowest BCUT2D eigenvalue weighted by atomic mass is 9.92. The first-order chi connectivity index (χ1) is 7.94. The molecule has 4 heteroatoms. The van der Waals surface area contributed by atoms with Crippen LogP contribution in [0.15, 0.2) is 0 Å². The van der Waals surface area contributed by atoms with Gasteiger partial charge in [0.1, 0.15) is 0 Å². The number of rotatable bonds is 4. The molecule has 1 fully saturated rings. The summed E-state index contributed by atoms with van der Waals surface area (Å²) in [5.41, 5.74) is 5.51. The fourth-order valence-corrected chi connectivity index (χ4v) is 2.31. The zero-order chi connectivity index (χ0) is 13.1. The normalized spacial score (nSPS) is 18.8. The maximum atomic E-state index is 12.3. The van der Waals surface area contributed by atoms with E-state index in [2.05, 4.69) is 18.7 Å². The minimum absolute atomic E-state index is 0.130. The third-order valence-electron chi connectivity index (χ3n) is 4.02. The molecule has 1 aliphatic heterocycles. The van der Waals surface area contributed by atoms with Crippen LogP contribution < -0.4 is 5.73 Å². The van der Waals surface area contributed by atoms with Crippen LogP contribution >= 0.6 is 0 Å². The molecule has 17 heavy (non-hydrogen) atoms. The van der Waals surface area contributed by atoms with E-state index < -0.39 is 5.54 Å². The van der Waals surface area contributed by atoms with E-state index in [-0.39, 0.29) is 5.91 Å². The van der Waals surface area contributed by atoms with Crippen LogP contribution in [-0.4, -0.2) is 53.5 Å². The Hall–Kier alpha value is -0.610. The van der Waals surface area contributed by atoms with Gasteiger partial charge in [0.05, 0.1) is 5.54 Å². The molecule has 1 saturated heterocycles. The van der Waals surface area contributed by atoms with E-state index in [9.17, 15) is 4.79 Å².